The highest BCUT2D eigenvalue weighted by atomic mass is 35.5. The number of benzene rings is 2. The summed E-state index contributed by atoms with van der Waals surface area (Å²) in [6.45, 7) is 0.00251. The number of carbonyl (C=O) groups excluding carboxylic acids is 1. The van der Waals surface area contributed by atoms with Gasteiger partial charge in [-0.1, -0.05) is 35.3 Å². The standard InChI is InChI=1S/C18H19Cl2FN2O3S/c1-27(25,26)23(15-8-9-16(19)17(20)11-15)12-18(24)22-10-2-3-13-4-6-14(21)7-5-13/h4-9,11H,2-3,10,12H2,1H3,(H,22,24). The van der Waals surface area contributed by atoms with Gasteiger partial charge in [0.1, 0.15) is 12.4 Å². The maximum Gasteiger partial charge on any atom is 0.240 e. The van der Waals surface area contributed by atoms with Crippen molar-refractivity contribution >= 4 is 44.8 Å². The van der Waals surface area contributed by atoms with Crippen molar-refractivity contribution in [3.63, 3.8) is 0 Å². The molecule has 9 heteroatoms. The number of anilines is 1. The lowest BCUT2D eigenvalue weighted by Crippen LogP contribution is -2.40. The molecule has 1 amide bonds. The van der Waals surface area contributed by atoms with Crippen molar-refractivity contribution < 1.29 is 17.6 Å². The lowest BCUT2D eigenvalue weighted by molar-refractivity contribution is -0.119. The molecular weight excluding hydrogens is 414 g/mol. The van der Waals surface area contributed by atoms with E-state index in [-0.39, 0.29) is 23.1 Å². The fraction of sp³-hybridized carbons (Fsp3) is 0.278. The summed E-state index contributed by atoms with van der Waals surface area (Å²) in [7, 11) is -3.69. The minimum atomic E-state index is -3.69. The van der Waals surface area contributed by atoms with Gasteiger partial charge in [-0.15, -0.1) is 0 Å². The molecule has 1 N–H and O–H groups in total. The monoisotopic (exact) mass is 432 g/mol. The van der Waals surface area contributed by atoms with Gasteiger partial charge in [0.15, 0.2) is 0 Å². The molecule has 0 saturated carbocycles. The van der Waals surface area contributed by atoms with E-state index < -0.39 is 15.9 Å². The highest BCUT2D eigenvalue weighted by molar-refractivity contribution is 7.92. The minimum Gasteiger partial charge on any atom is -0.355 e. The molecule has 27 heavy (non-hydrogen) atoms. The van der Waals surface area contributed by atoms with E-state index in [0.717, 1.165) is 16.1 Å². The summed E-state index contributed by atoms with van der Waals surface area (Å²) in [5, 5.41) is 3.17. The van der Waals surface area contributed by atoms with Gasteiger partial charge in [-0.25, -0.2) is 12.8 Å². The van der Waals surface area contributed by atoms with E-state index in [4.69, 9.17) is 23.2 Å². The SMILES string of the molecule is CS(=O)(=O)N(CC(=O)NCCCc1ccc(F)cc1)c1ccc(Cl)c(Cl)c1. The molecule has 2 rings (SSSR count). The van der Waals surface area contributed by atoms with Gasteiger partial charge in [-0.05, 0) is 48.7 Å². The van der Waals surface area contributed by atoms with Crippen LogP contribution in [0, 0.1) is 5.82 Å². The van der Waals surface area contributed by atoms with Crippen molar-refractivity contribution in [2.45, 2.75) is 12.8 Å². The zero-order chi connectivity index (χ0) is 20.0. The number of halogens is 3. The van der Waals surface area contributed by atoms with Gasteiger partial charge in [0, 0.05) is 6.54 Å². The van der Waals surface area contributed by atoms with Crippen LogP contribution in [0.3, 0.4) is 0 Å². The smallest absolute Gasteiger partial charge is 0.240 e. The second kappa shape index (κ2) is 9.39. The minimum absolute atomic E-state index is 0.197. The van der Waals surface area contributed by atoms with Crippen molar-refractivity contribution in [2.75, 3.05) is 23.7 Å². The van der Waals surface area contributed by atoms with Gasteiger partial charge in [-0.3, -0.25) is 9.10 Å². The zero-order valence-electron chi connectivity index (χ0n) is 14.6. The molecule has 0 aliphatic heterocycles. The summed E-state index contributed by atoms with van der Waals surface area (Å²) >= 11 is 11.8. The number of hydrogen-bond acceptors (Lipinski definition) is 3. The summed E-state index contributed by atoms with van der Waals surface area (Å²) in [6, 6.07) is 10.5. The average molecular weight is 433 g/mol. The van der Waals surface area contributed by atoms with Gasteiger partial charge < -0.3 is 5.32 Å². The van der Waals surface area contributed by atoms with E-state index in [1.165, 1.54) is 30.3 Å². The van der Waals surface area contributed by atoms with Gasteiger partial charge in [0.2, 0.25) is 15.9 Å². The zero-order valence-corrected chi connectivity index (χ0v) is 16.9. The molecule has 0 atom stereocenters. The molecule has 2 aromatic rings. The Bertz CT molecular complexity index is 905. The first-order valence-electron chi connectivity index (χ1n) is 8.11. The summed E-state index contributed by atoms with van der Waals surface area (Å²) in [5.41, 5.74) is 1.22. The van der Waals surface area contributed by atoms with Crippen molar-refractivity contribution in [1.29, 1.82) is 0 Å². The van der Waals surface area contributed by atoms with Crippen molar-refractivity contribution in [1.82, 2.24) is 5.32 Å². The first-order valence-corrected chi connectivity index (χ1v) is 10.7. The summed E-state index contributed by atoms with van der Waals surface area (Å²) < 4.78 is 37.9. The average Bonchev–Trinajstić information content (AvgIpc) is 2.60. The summed E-state index contributed by atoms with van der Waals surface area (Å²) in [6.07, 6.45) is 2.32. The molecule has 2 aromatic carbocycles. The molecule has 0 saturated heterocycles. The van der Waals surface area contributed by atoms with Crippen molar-refractivity contribution in [2.24, 2.45) is 0 Å². The van der Waals surface area contributed by atoms with E-state index in [9.17, 15) is 17.6 Å². The van der Waals surface area contributed by atoms with Crippen LogP contribution in [0.25, 0.3) is 0 Å². The second-order valence-electron chi connectivity index (χ2n) is 5.95. The molecule has 0 aliphatic rings. The van der Waals surface area contributed by atoms with Gasteiger partial charge in [-0.2, -0.15) is 0 Å². The van der Waals surface area contributed by atoms with Crippen LogP contribution in [-0.2, 0) is 21.2 Å². The van der Waals surface area contributed by atoms with Crippen LogP contribution >= 0.6 is 23.2 Å². The number of carbonyl (C=O) groups is 1. The van der Waals surface area contributed by atoms with Crippen LogP contribution in [0.2, 0.25) is 10.0 Å². The quantitative estimate of drug-likeness (QED) is 0.647. The molecule has 0 radical (unpaired) electrons. The van der Waals surface area contributed by atoms with E-state index in [2.05, 4.69) is 5.32 Å². The molecule has 0 heterocycles. The largest absolute Gasteiger partial charge is 0.355 e. The predicted molar refractivity (Wildman–Crippen MR) is 106 cm³/mol. The Labute approximate surface area is 168 Å². The molecule has 0 aromatic heterocycles. The number of aryl methyl sites for hydroxylation is 1. The number of hydrogen-bond donors (Lipinski definition) is 1. The number of nitrogens with one attached hydrogen (secondary N) is 1. The molecule has 146 valence electrons. The number of amides is 1. The van der Waals surface area contributed by atoms with Crippen molar-refractivity contribution in [3.05, 3.63) is 63.9 Å². The van der Waals surface area contributed by atoms with E-state index >= 15 is 0 Å². The predicted octanol–water partition coefficient (Wildman–Crippen LogP) is 3.65. The number of nitrogens with zero attached hydrogens (tertiary/aromatic N) is 1. The maximum atomic E-state index is 12.9. The summed E-state index contributed by atoms with van der Waals surface area (Å²) in [5.74, 6) is -0.735. The van der Waals surface area contributed by atoms with Crippen molar-refractivity contribution in [3.8, 4) is 0 Å². The Kier molecular flexibility index (Phi) is 7.47. The molecule has 5 nitrogen and oxygen atoms in total. The number of rotatable bonds is 8. The maximum absolute atomic E-state index is 12.9. The Hall–Kier alpha value is -1.83. The molecule has 0 unspecified atom stereocenters. The number of sulfonamides is 1. The molecule has 0 fully saturated rings. The molecule has 0 aliphatic carbocycles. The second-order valence-corrected chi connectivity index (χ2v) is 8.67. The van der Waals surface area contributed by atoms with Crippen LogP contribution < -0.4 is 9.62 Å². The third kappa shape index (κ3) is 6.68. The van der Waals surface area contributed by atoms with Crippen LogP contribution in [0.1, 0.15) is 12.0 Å². The van der Waals surface area contributed by atoms with E-state index in [0.29, 0.717) is 24.4 Å². The first kappa shape index (κ1) is 21.5. The Morgan fingerprint density at radius 1 is 1.11 bits per heavy atom. The highest BCUT2D eigenvalue weighted by Crippen LogP contribution is 2.28. The molecule has 0 spiro atoms. The van der Waals surface area contributed by atoms with E-state index in [1.54, 1.807) is 12.1 Å². The van der Waals surface area contributed by atoms with Gasteiger partial charge in [0.25, 0.3) is 0 Å². The van der Waals surface area contributed by atoms with Gasteiger partial charge in [0.05, 0.1) is 22.0 Å². The Balaban J connectivity index is 1.92. The Morgan fingerprint density at radius 3 is 2.37 bits per heavy atom. The normalized spacial score (nSPS) is 11.3. The Morgan fingerprint density at radius 2 is 1.78 bits per heavy atom. The fourth-order valence-corrected chi connectivity index (χ4v) is 3.54. The first-order chi connectivity index (χ1) is 12.7. The van der Waals surface area contributed by atoms with Crippen LogP contribution in [0.5, 0.6) is 0 Å². The van der Waals surface area contributed by atoms with Crippen LogP contribution in [-0.4, -0.2) is 33.7 Å². The lowest BCUT2D eigenvalue weighted by Gasteiger charge is -2.22. The highest BCUT2D eigenvalue weighted by Gasteiger charge is 2.21. The van der Waals surface area contributed by atoms with E-state index in [1.807, 2.05) is 0 Å². The van der Waals surface area contributed by atoms with Gasteiger partial charge >= 0.3 is 0 Å². The third-order valence-corrected chi connectivity index (χ3v) is 5.64. The summed E-state index contributed by atoms with van der Waals surface area (Å²) in [4.78, 5) is 12.2. The fourth-order valence-electron chi connectivity index (χ4n) is 2.40. The topological polar surface area (TPSA) is 66.5 Å². The third-order valence-electron chi connectivity index (χ3n) is 3.76. The molecular formula is C18H19Cl2FN2O3S. The lowest BCUT2D eigenvalue weighted by atomic mass is 10.1. The van der Waals surface area contributed by atoms with Crippen LogP contribution in [0.15, 0.2) is 42.5 Å². The molecule has 0 bridgehead atoms. The van der Waals surface area contributed by atoms with Crippen LogP contribution in [0.4, 0.5) is 10.1 Å².